The summed E-state index contributed by atoms with van der Waals surface area (Å²) in [5.74, 6) is -0.418. The van der Waals surface area contributed by atoms with Crippen LogP contribution in [0.25, 0.3) is 43.2 Å². The molecule has 8 heteroatoms. The molecule has 0 bridgehead atoms. The summed E-state index contributed by atoms with van der Waals surface area (Å²) in [4.78, 5) is 27.7. The van der Waals surface area contributed by atoms with Gasteiger partial charge in [0.05, 0.1) is 34.7 Å². The van der Waals surface area contributed by atoms with Gasteiger partial charge in [0, 0.05) is 39.7 Å². The van der Waals surface area contributed by atoms with Crippen molar-refractivity contribution in [1.82, 2.24) is 9.97 Å². The van der Waals surface area contributed by atoms with Gasteiger partial charge in [0.25, 0.3) is 0 Å². The van der Waals surface area contributed by atoms with E-state index in [1.54, 1.807) is 18.3 Å². The van der Waals surface area contributed by atoms with Crippen molar-refractivity contribution in [3.63, 3.8) is 0 Å². The highest BCUT2D eigenvalue weighted by molar-refractivity contribution is 7.22. The van der Waals surface area contributed by atoms with Crippen molar-refractivity contribution in [3.8, 4) is 33.0 Å². The first kappa shape index (κ1) is 30.1. The second kappa shape index (κ2) is 11.9. The summed E-state index contributed by atoms with van der Waals surface area (Å²) in [6, 6.07) is 18.1. The fourth-order valence-corrected chi connectivity index (χ4v) is 6.90. The number of benzene rings is 3. The smallest absolute Gasteiger partial charge is 0.339 e. The van der Waals surface area contributed by atoms with Crippen LogP contribution in [0.15, 0.2) is 65.8 Å². The molecule has 6 nitrogen and oxygen atoms in total. The molecule has 3 aromatic carbocycles. The fourth-order valence-electron chi connectivity index (χ4n) is 5.65. The number of rotatable bonds is 7. The van der Waals surface area contributed by atoms with E-state index in [1.165, 1.54) is 11.1 Å². The molecular weight excluding hydrogens is 590 g/mol. The summed E-state index contributed by atoms with van der Waals surface area (Å²) in [6.45, 7) is 12.7. The van der Waals surface area contributed by atoms with E-state index in [0.29, 0.717) is 5.02 Å². The topological polar surface area (TPSA) is 73.7 Å². The summed E-state index contributed by atoms with van der Waals surface area (Å²) in [5, 5.41) is 1.49. The maximum absolute atomic E-state index is 13.4. The van der Waals surface area contributed by atoms with Crippen molar-refractivity contribution in [2.45, 2.75) is 59.8 Å². The van der Waals surface area contributed by atoms with Crippen LogP contribution >= 0.6 is 22.9 Å². The molecule has 1 aliphatic heterocycles. The van der Waals surface area contributed by atoms with Gasteiger partial charge in [0.15, 0.2) is 6.10 Å². The van der Waals surface area contributed by atoms with Crippen LogP contribution in [0.2, 0.25) is 5.02 Å². The van der Waals surface area contributed by atoms with Crippen molar-refractivity contribution >= 4 is 45.3 Å². The minimum atomic E-state index is -0.922. The molecule has 0 radical (unpaired) electrons. The van der Waals surface area contributed by atoms with Gasteiger partial charge in [-0.25, -0.2) is 9.78 Å². The number of thiazole rings is 1. The van der Waals surface area contributed by atoms with Crippen LogP contribution in [0, 0.1) is 13.8 Å². The van der Waals surface area contributed by atoms with Crippen LogP contribution < -0.4 is 0 Å². The number of carbonyl (C=O) groups excluding carboxylic acids is 1. The van der Waals surface area contributed by atoms with Gasteiger partial charge >= 0.3 is 5.97 Å². The summed E-state index contributed by atoms with van der Waals surface area (Å²) >= 11 is 7.88. The third kappa shape index (κ3) is 5.92. The molecular formula is C36H34ClN3O3S. The zero-order valence-corrected chi connectivity index (χ0v) is 27.3. The molecule has 44 heavy (non-hydrogen) atoms. The first-order chi connectivity index (χ1) is 21.0. The average molecular weight is 624 g/mol. The maximum atomic E-state index is 13.4. The molecule has 1 atom stereocenters. The van der Waals surface area contributed by atoms with Gasteiger partial charge in [-0.05, 0) is 112 Å². The molecule has 1 aliphatic rings. The van der Waals surface area contributed by atoms with E-state index in [0.717, 1.165) is 66.4 Å². The van der Waals surface area contributed by atoms with E-state index in [1.807, 2.05) is 76.5 Å². The Bertz CT molecular complexity index is 1920. The Morgan fingerprint density at radius 3 is 2.50 bits per heavy atom. The van der Waals surface area contributed by atoms with Gasteiger partial charge in [0.2, 0.25) is 0 Å². The van der Waals surface area contributed by atoms with Gasteiger partial charge in [0.1, 0.15) is 5.01 Å². The number of esters is 1. The van der Waals surface area contributed by atoms with E-state index in [2.05, 4.69) is 30.1 Å². The normalized spacial score (nSPS) is 13.3. The van der Waals surface area contributed by atoms with Crippen molar-refractivity contribution in [3.05, 3.63) is 93.6 Å². The van der Waals surface area contributed by atoms with Gasteiger partial charge < -0.3 is 9.47 Å². The number of nitrogens with zero attached hydrogens (tertiary/aromatic N) is 3. The molecule has 224 valence electrons. The predicted octanol–water partition coefficient (Wildman–Crippen LogP) is 9.31. The standard InChI is InChI=1S/C36H34ClN3O3S/c1-7-42-35(41)32(43-36(4,5)6)30-21(3)15-29-33(31(30)22-8-10-26(37)11-9-22)44-34(40-29)23-12-13-39-28(17-23)24-14-20(2)27-19-38-18-25(27)16-24/h8-18,32H,7,19H2,1-6H3/t32-/m0/s1. The van der Waals surface area contributed by atoms with E-state index in [4.69, 9.17) is 31.0 Å². The number of ether oxygens (including phenoxy) is 2. The van der Waals surface area contributed by atoms with Crippen LogP contribution in [0.5, 0.6) is 0 Å². The minimum absolute atomic E-state index is 0.256. The van der Waals surface area contributed by atoms with Crippen LogP contribution in [-0.2, 0) is 20.8 Å². The second-order valence-electron chi connectivity index (χ2n) is 12.0. The SMILES string of the molecule is CCOC(=O)[C@@H](OC(C)(C)C)c1c(C)cc2nc(-c3ccnc(-c4cc(C)c5c(c4)C=NC5)c3)sc2c1-c1ccc(Cl)cc1. The molecule has 0 fully saturated rings. The molecule has 5 aromatic rings. The molecule has 3 heterocycles. The number of hydrogen-bond acceptors (Lipinski definition) is 7. The van der Waals surface area contributed by atoms with Crippen molar-refractivity contribution in [2.75, 3.05) is 6.61 Å². The number of hydrogen-bond donors (Lipinski definition) is 0. The lowest BCUT2D eigenvalue weighted by molar-refractivity contribution is -0.166. The number of aryl methyl sites for hydroxylation is 2. The quantitative estimate of drug-likeness (QED) is 0.169. The summed E-state index contributed by atoms with van der Waals surface area (Å²) < 4.78 is 12.9. The van der Waals surface area contributed by atoms with E-state index >= 15 is 0 Å². The first-order valence-corrected chi connectivity index (χ1v) is 15.9. The van der Waals surface area contributed by atoms with Gasteiger partial charge in [-0.3, -0.25) is 9.98 Å². The Kier molecular flexibility index (Phi) is 8.14. The lowest BCUT2D eigenvalue weighted by atomic mass is 9.91. The summed E-state index contributed by atoms with van der Waals surface area (Å²) in [7, 11) is 0. The number of aromatic nitrogens is 2. The third-order valence-electron chi connectivity index (χ3n) is 7.58. The monoisotopic (exact) mass is 623 g/mol. The minimum Gasteiger partial charge on any atom is -0.464 e. The molecule has 6 rings (SSSR count). The molecule has 0 saturated heterocycles. The van der Waals surface area contributed by atoms with E-state index < -0.39 is 17.7 Å². The average Bonchev–Trinajstić information content (AvgIpc) is 3.63. The van der Waals surface area contributed by atoms with Crippen LogP contribution in [-0.4, -0.2) is 34.4 Å². The summed E-state index contributed by atoms with van der Waals surface area (Å²) in [5.41, 5.74) is 10.3. The van der Waals surface area contributed by atoms with Crippen LogP contribution in [0.1, 0.15) is 61.6 Å². The zero-order valence-electron chi connectivity index (χ0n) is 25.7. The molecule has 0 amide bonds. The van der Waals surface area contributed by atoms with Crippen LogP contribution in [0.4, 0.5) is 0 Å². The van der Waals surface area contributed by atoms with Crippen molar-refractivity contribution in [2.24, 2.45) is 4.99 Å². The predicted molar refractivity (Wildman–Crippen MR) is 180 cm³/mol. The Morgan fingerprint density at radius 2 is 1.77 bits per heavy atom. The maximum Gasteiger partial charge on any atom is 0.339 e. The van der Waals surface area contributed by atoms with E-state index in [-0.39, 0.29) is 6.61 Å². The van der Waals surface area contributed by atoms with E-state index in [9.17, 15) is 4.79 Å². The molecule has 0 unspecified atom stereocenters. The van der Waals surface area contributed by atoms with Crippen molar-refractivity contribution < 1.29 is 14.3 Å². The molecule has 0 N–H and O–H groups in total. The Balaban J connectivity index is 1.53. The molecule has 0 spiro atoms. The zero-order chi connectivity index (χ0) is 31.2. The largest absolute Gasteiger partial charge is 0.464 e. The number of halogens is 1. The highest BCUT2D eigenvalue weighted by atomic mass is 35.5. The lowest BCUT2D eigenvalue weighted by Gasteiger charge is -2.29. The lowest BCUT2D eigenvalue weighted by Crippen LogP contribution is -2.29. The van der Waals surface area contributed by atoms with Gasteiger partial charge in [-0.1, -0.05) is 23.7 Å². The number of carbonyl (C=O) groups is 1. The number of pyridine rings is 1. The first-order valence-electron chi connectivity index (χ1n) is 14.7. The summed E-state index contributed by atoms with van der Waals surface area (Å²) in [6.07, 6.45) is 2.85. The second-order valence-corrected chi connectivity index (χ2v) is 13.4. The molecule has 0 aliphatic carbocycles. The highest BCUT2D eigenvalue weighted by Crippen LogP contribution is 2.45. The Labute approximate surface area is 266 Å². The Hall–Kier alpha value is -3.91. The number of fused-ring (bicyclic) bond motifs is 2. The fraction of sp³-hybridized carbons (Fsp3) is 0.278. The van der Waals surface area contributed by atoms with Crippen molar-refractivity contribution in [1.29, 1.82) is 0 Å². The van der Waals surface area contributed by atoms with Crippen LogP contribution in [0.3, 0.4) is 0 Å². The van der Waals surface area contributed by atoms with Gasteiger partial charge in [-0.15, -0.1) is 11.3 Å². The van der Waals surface area contributed by atoms with Gasteiger partial charge in [-0.2, -0.15) is 0 Å². The Morgan fingerprint density at radius 1 is 1.00 bits per heavy atom. The highest BCUT2D eigenvalue weighted by Gasteiger charge is 2.33. The molecule has 0 saturated carbocycles. The number of aliphatic imine (C=N–C) groups is 1. The third-order valence-corrected chi connectivity index (χ3v) is 8.97. The molecule has 2 aromatic heterocycles.